The molecule has 9 nitrogen and oxygen atoms in total. The fraction of sp³-hybridized carbons (Fsp3) is 0.811. The van der Waals surface area contributed by atoms with Gasteiger partial charge in [-0.1, -0.05) is 223 Å². The molecule has 368 valence electrons. The molecule has 1 amide bonds. The summed E-state index contributed by atoms with van der Waals surface area (Å²) in [7, 11) is -4.43. The molecule has 0 aromatic heterocycles. The fourth-order valence-corrected chi connectivity index (χ4v) is 8.06. The SMILES string of the molecule is CCCCC/C=C\C/C=C\C/C=C\C/C=C\CCCCCC(=O)NCCOP(=O)(O)OCC(O)COC(=O)CCCCCCCCCCCCCCCCCCCCCCCCC. The largest absolute Gasteiger partial charge is 0.472 e. The van der Waals surface area contributed by atoms with E-state index in [1.807, 2.05) is 0 Å². The number of unbranched alkanes of at least 4 members (excludes halogenated alkanes) is 28. The van der Waals surface area contributed by atoms with E-state index in [4.69, 9.17) is 13.8 Å². The zero-order valence-corrected chi connectivity index (χ0v) is 41.7. The van der Waals surface area contributed by atoms with E-state index >= 15 is 0 Å². The summed E-state index contributed by atoms with van der Waals surface area (Å²) in [4.78, 5) is 34.1. The molecule has 2 unspecified atom stereocenters. The highest BCUT2D eigenvalue weighted by Gasteiger charge is 2.23. The molecule has 0 aliphatic carbocycles. The predicted octanol–water partition coefficient (Wildman–Crippen LogP) is 15.4. The summed E-state index contributed by atoms with van der Waals surface area (Å²) in [6.45, 7) is 3.52. The van der Waals surface area contributed by atoms with Crippen LogP contribution in [-0.4, -0.2) is 54.3 Å². The van der Waals surface area contributed by atoms with E-state index in [1.54, 1.807) is 0 Å². The van der Waals surface area contributed by atoms with Crippen LogP contribution in [0.15, 0.2) is 48.6 Å². The van der Waals surface area contributed by atoms with Gasteiger partial charge >= 0.3 is 13.8 Å². The molecule has 0 bridgehead atoms. The van der Waals surface area contributed by atoms with Crippen LogP contribution in [0.25, 0.3) is 0 Å². The number of carbonyl (C=O) groups is 2. The van der Waals surface area contributed by atoms with Gasteiger partial charge in [-0.25, -0.2) is 4.57 Å². The first-order valence-corrected chi connectivity index (χ1v) is 27.6. The molecule has 0 spiro atoms. The van der Waals surface area contributed by atoms with Crippen molar-refractivity contribution < 1.29 is 37.9 Å². The predicted molar refractivity (Wildman–Crippen MR) is 266 cm³/mol. The van der Waals surface area contributed by atoms with Crippen molar-refractivity contribution in [2.45, 2.75) is 251 Å². The lowest BCUT2D eigenvalue weighted by Gasteiger charge is -2.15. The van der Waals surface area contributed by atoms with Crippen LogP contribution in [0.1, 0.15) is 245 Å². The molecule has 10 heteroatoms. The molecular formula is C53H98NO8P. The summed E-state index contributed by atoms with van der Waals surface area (Å²) in [6.07, 6.45) is 59.1. The van der Waals surface area contributed by atoms with Crippen molar-refractivity contribution >= 4 is 19.7 Å². The number of ether oxygens (including phenoxy) is 1. The number of phosphoric acid groups is 1. The minimum absolute atomic E-state index is 0.0642. The monoisotopic (exact) mass is 908 g/mol. The van der Waals surface area contributed by atoms with Crippen LogP contribution in [0.3, 0.4) is 0 Å². The Morgan fingerprint density at radius 2 is 0.857 bits per heavy atom. The molecule has 3 N–H and O–H groups in total. The Morgan fingerprint density at radius 3 is 1.32 bits per heavy atom. The maximum absolute atomic E-state index is 12.1. The van der Waals surface area contributed by atoms with Gasteiger partial charge in [0.1, 0.15) is 12.7 Å². The fourth-order valence-electron chi connectivity index (χ4n) is 7.31. The lowest BCUT2D eigenvalue weighted by Crippen LogP contribution is -2.27. The minimum Gasteiger partial charge on any atom is -0.463 e. The van der Waals surface area contributed by atoms with Gasteiger partial charge < -0.3 is 20.1 Å². The van der Waals surface area contributed by atoms with Crippen molar-refractivity contribution in [3.8, 4) is 0 Å². The van der Waals surface area contributed by atoms with E-state index in [2.05, 4.69) is 67.8 Å². The Bertz CT molecular complexity index is 1170. The highest BCUT2D eigenvalue weighted by Crippen LogP contribution is 2.42. The van der Waals surface area contributed by atoms with E-state index < -0.39 is 26.5 Å². The Labute approximate surface area is 387 Å². The standard InChI is InChI=1S/C53H98NO8P/c1-3-5-7-9-11-13-15-17-19-21-23-24-25-26-28-30-32-34-36-38-40-42-44-46-53(57)60-49-51(55)50-62-63(58,59)61-48-47-54-52(56)45-43-41-39-37-35-33-31-29-27-22-20-18-16-14-12-10-8-6-4-2/h12,14,18,20,27,29,33,35,51,55H,3-11,13,15-17,19,21-26,28,30-32,34,36-50H2,1-2H3,(H,54,56)(H,58,59)/b14-12-,20-18-,29-27-,35-33-. The summed E-state index contributed by atoms with van der Waals surface area (Å²) >= 11 is 0. The second kappa shape index (κ2) is 49.4. The lowest BCUT2D eigenvalue weighted by atomic mass is 10.0. The third-order valence-corrected chi connectivity index (χ3v) is 12.2. The van der Waals surface area contributed by atoms with Gasteiger partial charge in [-0.15, -0.1) is 0 Å². The molecule has 0 saturated carbocycles. The molecule has 0 aromatic carbocycles. The molecule has 0 aromatic rings. The molecule has 63 heavy (non-hydrogen) atoms. The van der Waals surface area contributed by atoms with Crippen molar-refractivity contribution in [1.82, 2.24) is 5.32 Å². The van der Waals surface area contributed by atoms with Crippen LogP contribution in [-0.2, 0) is 27.9 Å². The number of esters is 1. The van der Waals surface area contributed by atoms with Crippen molar-refractivity contribution in [1.29, 1.82) is 0 Å². The summed E-state index contributed by atoms with van der Waals surface area (Å²) < 4.78 is 27.0. The van der Waals surface area contributed by atoms with Gasteiger partial charge in [0.25, 0.3) is 0 Å². The lowest BCUT2D eigenvalue weighted by molar-refractivity contribution is -0.147. The van der Waals surface area contributed by atoms with Gasteiger partial charge in [-0.3, -0.25) is 18.6 Å². The first kappa shape index (κ1) is 61.0. The van der Waals surface area contributed by atoms with Gasteiger partial charge in [0.05, 0.1) is 13.2 Å². The third-order valence-electron chi connectivity index (χ3n) is 11.3. The number of aliphatic hydroxyl groups excluding tert-OH is 1. The van der Waals surface area contributed by atoms with Crippen LogP contribution >= 0.6 is 7.82 Å². The van der Waals surface area contributed by atoms with Crippen molar-refractivity contribution in [2.75, 3.05) is 26.4 Å². The molecule has 0 rings (SSSR count). The van der Waals surface area contributed by atoms with Crippen LogP contribution in [0, 0.1) is 0 Å². The highest BCUT2D eigenvalue weighted by molar-refractivity contribution is 7.47. The molecule has 0 fully saturated rings. The Hall–Kier alpha value is -2.03. The van der Waals surface area contributed by atoms with Crippen molar-refractivity contribution in [3.05, 3.63) is 48.6 Å². The third kappa shape index (κ3) is 50.8. The second-order valence-corrected chi connectivity index (χ2v) is 19.0. The number of hydrogen-bond acceptors (Lipinski definition) is 7. The number of rotatable bonds is 49. The van der Waals surface area contributed by atoms with Crippen molar-refractivity contribution in [3.63, 3.8) is 0 Å². The quantitative estimate of drug-likeness (QED) is 0.0238. The number of carbonyl (C=O) groups excluding carboxylic acids is 2. The summed E-state index contributed by atoms with van der Waals surface area (Å²) in [5.41, 5.74) is 0. The molecule has 0 saturated heterocycles. The van der Waals surface area contributed by atoms with E-state index in [0.29, 0.717) is 6.42 Å². The molecule has 0 aliphatic heterocycles. The topological polar surface area (TPSA) is 131 Å². The normalized spacial score (nSPS) is 13.5. The average molecular weight is 908 g/mol. The maximum atomic E-state index is 12.1. The molecule has 0 aliphatic rings. The zero-order valence-electron chi connectivity index (χ0n) is 40.8. The summed E-state index contributed by atoms with van der Waals surface area (Å²) in [5, 5.41) is 12.7. The average Bonchev–Trinajstić information content (AvgIpc) is 3.27. The van der Waals surface area contributed by atoms with E-state index in [0.717, 1.165) is 64.2 Å². The second-order valence-electron chi connectivity index (χ2n) is 17.5. The van der Waals surface area contributed by atoms with Gasteiger partial charge in [0, 0.05) is 19.4 Å². The Kier molecular flexibility index (Phi) is 47.8. The number of amides is 1. The van der Waals surface area contributed by atoms with Crippen LogP contribution < -0.4 is 5.32 Å². The molecular weight excluding hydrogens is 810 g/mol. The molecule has 0 heterocycles. The highest BCUT2D eigenvalue weighted by atomic mass is 31.2. The first-order chi connectivity index (χ1) is 30.8. The van der Waals surface area contributed by atoms with Crippen LogP contribution in [0.5, 0.6) is 0 Å². The number of allylic oxidation sites excluding steroid dienone is 8. The number of aliphatic hydroxyl groups is 1. The first-order valence-electron chi connectivity index (χ1n) is 26.1. The van der Waals surface area contributed by atoms with Crippen molar-refractivity contribution in [2.24, 2.45) is 0 Å². The van der Waals surface area contributed by atoms with Gasteiger partial charge in [0.15, 0.2) is 0 Å². The number of hydrogen-bond donors (Lipinski definition) is 3. The zero-order chi connectivity index (χ0) is 46.0. The van der Waals surface area contributed by atoms with Crippen LogP contribution in [0.4, 0.5) is 0 Å². The molecule has 0 radical (unpaired) electrons. The van der Waals surface area contributed by atoms with E-state index in [1.165, 1.54) is 154 Å². The number of phosphoric ester groups is 1. The van der Waals surface area contributed by atoms with Crippen LogP contribution in [0.2, 0.25) is 0 Å². The maximum Gasteiger partial charge on any atom is 0.472 e. The van der Waals surface area contributed by atoms with Gasteiger partial charge in [-0.05, 0) is 57.8 Å². The summed E-state index contributed by atoms with van der Waals surface area (Å²) in [6, 6.07) is 0. The smallest absolute Gasteiger partial charge is 0.463 e. The van der Waals surface area contributed by atoms with Gasteiger partial charge in [0.2, 0.25) is 5.91 Å². The molecule has 2 atom stereocenters. The van der Waals surface area contributed by atoms with Gasteiger partial charge in [-0.2, -0.15) is 0 Å². The Morgan fingerprint density at radius 1 is 0.492 bits per heavy atom. The van der Waals surface area contributed by atoms with E-state index in [9.17, 15) is 24.2 Å². The number of nitrogens with one attached hydrogen (secondary N) is 1. The Balaban J connectivity index is 3.57. The summed E-state index contributed by atoms with van der Waals surface area (Å²) in [5.74, 6) is -0.540. The van der Waals surface area contributed by atoms with E-state index in [-0.39, 0.29) is 32.1 Å². The minimum atomic E-state index is -4.43.